The maximum atomic E-state index is 4.92. The third kappa shape index (κ3) is 3.19. The summed E-state index contributed by atoms with van der Waals surface area (Å²) in [4.78, 5) is 16.1. The maximum Gasteiger partial charge on any atom is 0.161 e. The van der Waals surface area contributed by atoms with Gasteiger partial charge in [0.05, 0.1) is 5.69 Å². The molecule has 0 aromatic carbocycles. The van der Waals surface area contributed by atoms with Gasteiger partial charge in [-0.15, -0.1) is 0 Å². The summed E-state index contributed by atoms with van der Waals surface area (Å²) in [5.74, 6) is 2.26. The highest BCUT2D eigenvalue weighted by atomic mass is 15.3. The Balaban J connectivity index is 1.67. The normalized spacial score (nSPS) is 17.5. The van der Waals surface area contributed by atoms with E-state index >= 15 is 0 Å². The van der Waals surface area contributed by atoms with Crippen LogP contribution in [0, 0.1) is 13.8 Å². The molecule has 6 heteroatoms. The second-order valence-corrected chi connectivity index (χ2v) is 7.02. The van der Waals surface area contributed by atoms with Crippen molar-refractivity contribution < 1.29 is 0 Å². The SMILES string of the molecule is Cc1nc(-c2ccncc2)nc(N2CCCC(c3ccn(C)n3)C2)c1C. The Bertz CT molecular complexity index is 902. The van der Waals surface area contributed by atoms with Gasteiger partial charge in [-0.05, 0) is 44.9 Å². The summed E-state index contributed by atoms with van der Waals surface area (Å²) in [7, 11) is 1.98. The highest BCUT2D eigenvalue weighted by molar-refractivity contribution is 5.60. The minimum absolute atomic E-state index is 0.448. The molecule has 1 fully saturated rings. The van der Waals surface area contributed by atoms with Gasteiger partial charge in [-0.3, -0.25) is 9.67 Å². The Morgan fingerprint density at radius 2 is 1.88 bits per heavy atom. The Morgan fingerprint density at radius 3 is 2.62 bits per heavy atom. The van der Waals surface area contributed by atoms with Gasteiger partial charge in [-0.25, -0.2) is 9.97 Å². The molecule has 1 aliphatic heterocycles. The third-order valence-corrected chi connectivity index (χ3v) is 5.18. The van der Waals surface area contributed by atoms with Crippen LogP contribution in [0.25, 0.3) is 11.4 Å². The molecular weight excluding hydrogens is 324 g/mol. The van der Waals surface area contributed by atoms with E-state index in [4.69, 9.17) is 9.97 Å². The molecule has 3 aromatic rings. The maximum absolute atomic E-state index is 4.92. The lowest BCUT2D eigenvalue weighted by Gasteiger charge is -2.34. The van der Waals surface area contributed by atoms with Crippen LogP contribution in [0.4, 0.5) is 5.82 Å². The number of pyridine rings is 1. The molecule has 0 bridgehead atoms. The first-order valence-corrected chi connectivity index (χ1v) is 9.12. The van der Waals surface area contributed by atoms with Crippen LogP contribution < -0.4 is 4.90 Å². The van der Waals surface area contributed by atoms with E-state index in [9.17, 15) is 0 Å². The molecule has 3 aromatic heterocycles. The van der Waals surface area contributed by atoms with E-state index in [1.807, 2.05) is 30.1 Å². The fourth-order valence-corrected chi connectivity index (χ4v) is 3.61. The van der Waals surface area contributed by atoms with Crippen molar-refractivity contribution in [3.63, 3.8) is 0 Å². The van der Waals surface area contributed by atoms with Crippen LogP contribution in [0.5, 0.6) is 0 Å². The monoisotopic (exact) mass is 348 g/mol. The number of piperidine rings is 1. The largest absolute Gasteiger partial charge is 0.356 e. The zero-order valence-electron chi connectivity index (χ0n) is 15.6. The van der Waals surface area contributed by atoms with Crippen LogP contribution in [0.2, 0.25) is 0 Å². The molecule has 26 heavy (non-hydrogen) atoms. The van der Waals surface area contributed by atoms with Crippen molar-refractivity contribution in [2.24, 2.45) is 7.05 Å². The summed E-state index contributed by atoms with van der Waals surface area (Å²) in [5.41, 5.74) is 4.36. The predicted molar refractivity (Wildman–Crippen MR) is 102 cm³/mol. The molecule has 0 radical (unpaired) electrons. The number of rotatable bonds is 3. The van der Waals surface area contributed by atoms with Gasteiger partial charge >= 0.3 is 0 Å². The molecular formula is C20H24N6. The van der Waals surface area contributed by atoms with E-state index in [0.717, 1.165) is 48.0 Å². The average molecular weight is 348 g/mol. The number of anilines is 1. The molecule has 0 spiro atoms. The Labute approximate surface area is 153 Å². The first-order valence-electron chi connectivity index (χ1n) is 9.12. The van der Waals surface area contributed by atoms with Gasteiger partial charge in [-0.2, -0.15) is 5.10 Å². The van der Waals surface area contributed by atoms with Gasteiger partial charge in [0.2, 0.25) is 0 Å². The Hall–Kier alpha value is -2.76. The molecule has 6 nitrogen and oxygen atoms in total. The van der Waals surface area contributed by atoms with Crippen LogP contribution in [0.1, 0.15) is 35.7 Å². The lowest BCUT2D eigenvalue weighted by atomic mass is 9.94. The van der Waals surface area contributed by atoms with Crippen LogP contribution in [-0.4, -0.2) is 37.8 Å². The zero-order chi connectivity index (χ0) is 18.1. The van der Waals surface area contributed by atoms with Crippen molar-refractivity contribution in [1.29, 1.82) is 0 Å². The summed E-state index contributed by atoms with van der Waals surface area (Å²) in [6.07, 6.45) is 7.91. The summed E-state index contributed by atoms with van der Waals surface area (Å²) in [5, 5.41) is 4.62. The van der Waals surface area contributed by atoms with Crippen molar-refractivity contribution in [3.05, 3.63) is 53.7 Å². The van der Waals surface area contributed by atoms with Gasteiger partial charge in [0.15, 0.2) is 5.82 Å². The van der Waals surface area contributed by atoms with Crippen LogP contribution in [0.3, 0.4) is 0 Å². The van der Waals surface area contributed by atoms with Gasteiger partial charge < -0.3 is 4.90 Å². The van der Waals surface area contributed by atoms with Crippen molar-refractivity contribution in [3.8, 4) is 11.4 Å². The number of hydrogen-bond acceptors (Lipinski definition) is 5. The minimum atomic E-state index is 0.448. The Morgan fingerprint density at radius 1 is 1.08 bits per heavy atom. The third-order valence-electron chi connectivity index (χ3n) is 5.18. The second kappa shape index (κ2) is 6.86. The standard InChI is InChI=1S/C20H24N6/c1-14-15(2)22-19(16-6-9-21-10-7-16)23-20(14)26-11-4-5-17(13-26)18-8-12-25(3)24-18/h6-10,12,17H,4-5,11,13H2,1-3H3. The van der Waals surface area contributed by atoms with Crippen molar-refractivity contribution in [2.75, 3.05) is 18.0 Å². The molecule has 134 valence electrons. The second-order valence-electron chi connectivity index (χ2n) is 7.02. The van der Waals surface area contributed by atoms with Crippen molar-refractivity contribution in [2.45, 2.75) is 32.6 Å². The first kappa shape index (κ1) is 16.7. The molecule has 1 aliphatic rings. The fraction of sp³-hybridized carbons (Fsp3) is 0.400. The molecule has 0 N–H and O–H groups in total. The summed E-state index contributed by atoms with van der Waals surface area (Å²) in [6, 6.07) is 6.05. The molecule has 4 heterocycles. The fourth-order valence-electron chi connectivity index (χ4n) is 3.61. The molecule has 1 unspecified atom stereocenters. The lowest BCUT2D eigenvalue weighted by molar-refractivity contribution is 0.493. The number of nitrogens with zero attached hydrogens (tertiary/aromatic N) is 6. The molecule has 4 rings (SSSR count). The average Bonchev–Trinajstić information content (AvgIpc) is 3.11. The van der Waals surface area contributed by atoms with Gasteiger partial charge in [-0.1, -0.05) is 0 Å². The highest BCUT2D eigenvalue weighted by Gasteiger charge is 2.26. The molecule has 1 atom stereocenters. The van der Waals surface area contributed by atoms with Crippen LogP contribution >= 0.6 is 0 Å². The topological polar surface area (TPSA) is 59.7 Å². The molecule has 1 saturated heterocycles. The molecule has 0 saturated carbocycles. The zero-order valence-corrected chi connectivity index (χ0v) is 15.6. The summed E-state index contributed by atoms with van der Waals surface area (Å²) in [6.45, 7) is 6.15. The van der Waals surface area contributed by atoms with Gasteiger partial charge in [0.25, 0.3) is 0 Å². The Kier molecular flexibility index (Phi) is 4.41. The minimum Gasteiger partial charge on any atom is -0.356 e. The highest BCUT2D eigenvalue weighted by Crippen LogP contribution is 2.31. The summed E-state index contributed by atoms with van der Waals surface area (Å²) >= 11 is 0. The number of hydrogen-bond donors (Lipinski definition) is 0. The van der Waals surface area contributed by atoms with E-state index < -0.39 is 0 Å². The quantitative estimate of drug-likeness (QED) is 0.727. The predicted octanol–water partition coefficient (Wildman–Crippen LogP) is 3.27. The molecule has 0 aliphatic carbocycles. The smallest absolute Gasteiger partial charge is 0.161 e. The first-order chi connectivity index (χ1) is 12.6. The number of aryl methyl sites for hydroxylation is 2. The molecule has 0 amide bonds. The van der Waals surface area contributed by atoms with E-state index in [1.165, 1.54) is 12.1 Å². The number of aromatic nitrogens is 5. The van der Waals surface area contributed by atoms with E-state index in [1.54, 1.807) is 12.4 Å². The summed E-state index contributed by atoms with van der Waals surface area (Å²) < 4.78 is 1.88. The lowest BCUT2D eigenvalue weighted by Crippen LogP contribution is -2.36. The van der Waals surface area contributed by atoms with Gasteiger partial charge in [0, 0.05) is 61.5 Å². The van der Waals surface area contributed by atoms with Gasteiger partial charge in [0.1, 0.15) is 5.82 Å². The van der Waals surface area contributed by atoms with Crippen LogP contribution in [0.15, 0.2) is 36.8 Å². The van der Waals surface area contributed by atoms with E-state index in [0.29, 0.717) is 5.92 Å². The van der Waals surface area contributed by atoms with E-state index in [2.05, 4.69) is 34.9 Å². The van der Waals surface area contributed by atoms with E-state index in [-0.39, 0.29) is 0 Å². The van der Waals surface area contributed by atoms with Crippen LogP contribution in [-0.2, 0) is 7.05 Å². The van der Waals surface area contributed by atoms with Crippen molar-refractivity contribution in [1.82, 2.24) is 24.7 Å². The van der Waals surface area contributed by atoms with Crippen molar-refractivity contribution >= 4 is 5.82 Å².